The molecular formula is C16H24BrNO. The number of hydrogen-bond donors (Lipinski definition) is 1. The Morgan fingerprint density at radius 2 is 2.05 bits per heavy atom. The van der Waals surface area contributed by atoms with Crippen LogP contribution in [0.4, 0.5) is 0 Å². The lowest BCUT2D eigenvalue weighted by molar-refractivity contribution is 0.0362. The van der Waals surface area contributed by atoms with Gasteiger partial charge < -0.3 is 10.1 Å². The quantitative estimate of drug-likeness (QED) is 0.880. The Hall–Kier alpha value is -0.380. The first kappa shape index (κ1) is 15.0. The second kappa shape index (κ2) is 6.87. The van der Waals surface area contributed by atoms with Crippen molar-refractivity contribution < 1.29 is 4.74 Å². The van der Waals surface area contributed by atoms with Gasteiger partial charge in [-0.3, -0.25) is 0 Å². The van der Waals surface area contributed by atoms with Crippen LogP contribution in [0.3, 0.4) is 0 Å². The number of nitrogens with one attached hydrogen (secondary N) is 1. The first-order chi connectivity index (χ1) is 9.12. The topological polar surface area (TPSA) is 21.3 Å². The van der Waals surface area contributed by atoms with E-state index in [1.165, 1.54) is 12.0 Å². The molecule has 106 valence electrons. The largest absolute Gasteiger partial charge is 0.381 e. The number of benzene rings is 1. The molecule has 0 atom stereocenters. The van der Waals surface area contributed by atoms with Gasteiger partial charge in [0, 0.05) is 23.2 Å². The third-order valence-electron chi connectivity index (χ3n) is 3.91. The molecule has 0 aromatic heterocycles. The Kier molecular flexibility index (Phi) is 5.43. The van der Waals surface area contributed by atoms with Crippen LogP contribution < -0.4 is 5.32 Å². The summed E-state index contributed by atoms with van der Waals surface area (Å²) >= 11 is 3.59. The predicted molar refractivity (Wildman–Crippen MR) is 83.3 cm³/mol. The molecule has 2 rings (SSSR count). The van der Waals surface area contributed by atoms with Crippen molar-refractivity contribution in [2.24, 2.45) is 5.92 Å². The van der Waals surface area contributed by atoms with Crippen molar-refractivity contribution >= 4 is 15.9 Å². The molecule has 2 nitrogen and oxygen atoms in total. The highest BCUT2D eigenvalue weighted by Gasteiger charge is 2.33. The maximum atomic E-state index is 5.55. The minimum absolute atomic E-state index is 0.0942. The lowest BCUT2D eigenvalue weighted by atomic mass is 9.82. The zero-order valence-electron chi connectivity index (χ0n) is 11.9. The maximum absolute atomic E-state index is 5.55. The summed E-state index contributed by atoms with van der Waals surface area (Å²) in [6.45, 7) is 7.32. The summed E-state index contributed by atoms with van der Waals surface area (Å²) in [7, 11) is 0. The fourth-order valence-corrected chi connectivity index (χ4v) is 3.07. The lowest BCUT2D eigenvalue weighted by Gasteiger charge is -2.39. The van der Waals surface area contributed by atoms with Gasteiger partial charge in [-0.25, -0.2) is 0 Å². The Bertz CT molecular complexity index is 399. The second-order valence-electron chi connectivity index (χ2n) is 5.81. The van der Waals surface area contributed by atoms with E-state index in [0.29, 0.717) is 0 Å². The summed E-state index contributed by atoms with van der Waals surface area (Å²) in [4.78, 5) is 0. The Balaban J connectivity index is 2.14. The third-order valence-corrected chi connectivity index (χ3v) is 4.40. The highest BCUT2D eigenvalue weighted by atomic mass is 79.9. The van der Waals surface area contributed by atoms with Crippen molar-refractivity contribution in [3.8, 4) is 0 Å². The van der Waals surface area contributed by atoms with Gasteiger partial charge in [-0.05, 0) is 49.4 Å². The van der Waals surface area contributed by atoms with Crippen molar-refractivity contribution in [3.05, 3.63) is 34.3 Å². The first-order valence-electron chi connectivity index (χ1n) is 7.21. The van der Waals surface area contributed by atoms with Crippen molar-refractivity contribution in [2.45, 2.75) is 38.6 Å². The molecule has 19 heavy (non-hydrogen) atoms. The highest BCUT2D eigenvalue weighted by Crippen LogP contribution is 2.33. The summed E-state index contributed by atoms with van der Waals surface area (Å²) in [6.07, 6.45) is 3.33. The number of rotatable bonds is 5. The Labute approximate surface area is 125 Å². The fourth-order valence-electron chi connectivity index (χ4n) is 2.67. The average Bonchev–Trinajstić information content (AvgIpc) is 2.39. The monoisotopic (exact) mass is 325 g/mol. The summed E-state index contributed by atoms with van der Waals surface area (Å²) in [5.41, 5.74) is 1.48. The molecule has 1 saturated heterocycles. The molecule has 1 aromatic carbocycles. The van der Waals surface area contributed by atoms with Gasteiger partial charge in [-0.1, -0.05) is 41.9 Å². The van der Waals surface area contributed by atoms with E-state index in [9.17, 15) is 0 Å². The number of hydrogen-bond acceptors (Lipinski definition) is 2. The zero-order valence-corrected chi connectivity index (χ0v) is 13.5. The van der Waals surface area contributed by atoms with Crippen LogP contribution in [0.15, 0.2) is 28.7 Å². The molecule has 1 aromatic rings. The van der Waals surface area contributed by atoms with Crippen molar-refractivity contribution in [3.63, 3.8) is 0 Å². The SMILES string of the molecule is CC(C)CCNC1(c2cccc(Br)c2)CCOCC1. The van der Waals surface area contributed by atoms with E-state index in [2.05, 4.69) is 59.4 Å². The van der Waals surface area contributed by atoms with E-state index in [4.69, 9.17) is 4.74 Å². The summed E-state index contributed by atoms with van der Waals surface area (Å²) in [5, 5.41) is 3.81. The molecule has 0 amide bonds. The van der Waals surface area contributed by atoms with Crippen LogP contribution in [0.1, 0.15) is 38.7 Å². The van der Waals surface area contributed by atoms with E-state index in [-0.39, 0.29) is 5.54 Å². The van der Waals surface area contributed by atoms with Gasteiger partial charge in [-0.2, -0.15) is 0 Å². The summed E-state index contributed by atoms with van der Waals surface area (Å²) < 4.78 is 6.71. The zero-order chi connectivity index (χ0) is 13.7. The van der Waals surface area contributed by atoms with Gasteiger partial charge in [0.05, 0.1) is 0 Å². The molecule has 3 heteroatoms. The maximum Gasteiger partial charge on any atom is 0.0486 e. The molecule has 1 N–H and O–H groups in total. The molecule has 1 aliphatic heterocycles. The van der Waals surface area contributed by atoms with Crippen molar-refractivity contribution in [2.75, 3.05) is 19.8 Å². The third kappa shape index (κ3) is 4.04. The molecule has 0 radical (unpaired) electrons. The van der Waals surface area contributed by atoms with Crippen LogP contribution in [0.2, 0.25) is 0 Å². The molecule has 0 aliphatic carbocycles. The second-order valence-corrected chi connectivity index (χ2v) is 6.73. The van der Waals surface area contributed by atoms with Crippen LogP contribution in [0.5, 0.6) is 0 Å². The van der Waals surface area contributed by atoms with Crippen molar-refractivity contribution in [1.29, 1.82) is 0 Å². The predicted octanol–water partition coefficient (Wildman–Crippen LogP) is 4.09. The molecule has 1 fully saturated rings. The molecule has 1 aliphatic rings. The van der Waals surface area contributed by atoms with Gasteiger partial charge in [0.25, 0.3) is 0 Å². The number of halogens is 1. The van der Waals surface area contributed by atoms with Gasteiger partial charge >= 0.3 is 0 Å². The highest BCUT2D eigenvalue weighted by molar-refractivity contribution is 9.10. The van der Waals surface area contributed by atoms with Crippen LogP contribution in [0, 0.1) is 5.92 Å². The van der Waals surface area contributed by atoms with Crippen LogP contribution >= 0.6 is 15.9 Å². The standard InChI is InChI=1S/C16H24BrNO/c1-13(2)6-9-18-16(7-10-19-11-8-16)14-4-3-5-15(17)12-14/h3-5,12-13,18H,6-11H2,1-2H3. The van der Waals surface area contributed by atoms with Gasteiger partial charge in [0.1, 0.15) is 0 Å². The van der Waals surface area contributed by atoms with E-state index in [0.717, 1.165) is 43.0 Å². The van der Waals surface area contributed by atoms with Crippen LogP contribution in [-0.4, -0.2) is 19.8 Å². The average molecular weight is 326 g/mol. The van der Waals surface area contributed by atoms with Crippen LogP contribution in [0.25, 0.3) is 0 Å². The van der Waals surface area contributed by atoms with Crippen LogP contribution in [-0.2, 0) is 10.3 Å². The minimum Gasteiger partial charge on any atom is -0.381 e. The van der Waals surface area contributed by atoms with E-state index < -0.39 is 0 Å². The van der Waals surface area contributed by atoms with Gasteiger partial charge in [0.2, 0.25) is 0 Å². The summed E-state index contributed by atoms with van der Waals surface area (Å²) in [6, 6.07) is 8.69. The normalized spacial score (nSPS) is 18.7. The fraction of sp³-hybridized carbons (Fsp3) is 0.625. The van der Waals surface area contributed by atoms with Gasteiger partial charge in [-0.15, -0.1) is 0 Å². The van der Waals surface area contributed by atoms with E-state index in [1.54, 1.807) is 0 Å². The Morgan fingerprint density at radius 3 is 2.68 bits per heavy atom. The molecule has 0 bridgehead atoms. The summed E-state index contributed by atoms with van der Waals surface area (Å²) in [5.74, 6) is 0.743. The molecule has 0 spiro atoms. The Morgan fingerprint density at radius 1 is 1.32 bits per heavy atom. The van der Waals surface area contributed by atoms with Crippen molar-refractivity contribution in [1.82, 2.24) is 5.32 Å². The lowest BCUT2D eigenvalue weighted by Crippen LogP contribution is -2.47. The minimum atomic E-state index is 0.0942. The molecule has 1 heterocycles. The molecule has 0 unspecified atom stereocenters. The molecular weight excluding hydrogens is 302 g/mol. The smallest absolute Gasteiger partial charge is 0.0486 e. The number of ether oxygens (including phenoxy) is 1. The molecule has 0 saturated carbocycles. The van der Waals surface area contributed by atoms with Gasteiger partial charge in [0.15, 0.2) is 0 Å². The first-order valence-corrected chi connectivity index (χ1v) is 8.00. The van der Waals surface area contributed by atoms with E-state index in [1.807, 2.05) is 0 Å². The van der Waals surface area contributed by atoms with E-state index >= 15 is 0 Å².